The monoisotopic (exact) mass is 936 g/mol. The molecule has 3 aromatic rings. The number of nitrogens with one attached hydrogen (secondary N) is 1. The fraction of sp³-hybridized carbons (Fsp3) is 0.556. The van der Waals surface area contributed by atoms with Crippen molar-refractivity contribution in [2.45, 2.75) is 90.6 Å². The number of nitrogens with zero attached hydrogens (tertiary/aromatic N) is 3. The molecule has 1 aliphatic carbocycles. The van der Waals surface area contributed by atoms with Crippen molar-refractivity contribution in [2.24, 2.45) is 11.3 Å². The van der Waals surface area contributed by atoms with Crippen LogP contribution in [0.1, 0.15) is 74.3 Å². The summed E-state index contributed by atoms with van der Waals surface area (Å²) < 4.78 is 22.6. The number of ether oxygens (including phenoxy) is 4. The van der Waals surface area contributed by atoms with E-state index in [1.165, 1.54) is 33.2 Å². The number of halogens is 1. The van der Waals surface area contributed by atoms with Gasteiger partial charge in [0, 0.05) is 84.1 Å². The number of aromatic nitrogens is 1. The number of hydrogen-bond donors (Lipinski definition) is 3. The average molecular weight is 937 g/mol. The molecular weight excluding hydrogens is 883 g/mol. The van der Waals surface area contributed by atoms with Crippen molar-refractivity contribution in [1.29, 1.82) is 0 Å². The van der Waals surface area contributed by atoms with E-state index in [0.29, 0.717) is 87.4 Å². The van der Waals surface area contributed by atoms with E-state index in [4.69, 9.17) is 18.9 Å². The molecule has 5 aliphatic heterocycles. The third-order valence-electron chi connectivity index (χ3n) is 15.6. The SMILES string of the molecule is CC[C@]12C=CCN3CC[C@@]4(c5ccc([C@H]6[C@H]7CN(CCc8c([nH]c9ccccc89)[C@@H]6C(=O)OC)C[C@](O)(I)C7)c(OC)c5N(C=O)[C@H]4[C@@](O)(C(=O)OC)[C@@H]1OC(C)=O)[C@@]32C. The second-order valence-corrected chi connectivity index (χ2v) is 19.8. The maximum atomic E-state index is 14.6. The van der Waals surface area contributed by atoms with E-state index >= 15 is 0 Å². The van der Waals surface area contributed by atoms with Gasteiger partial charge in [-0.3, -0.25) is 24.2 Å². The molecule has 14 nitrogen and oxygen atoms in total. The minimum Gasteiger partial charge on any atom is -0.494 e. The number of carbonyl (C=O) groups is 4. The Hall–Kier alpha value is -4.03. The Labute approximate surface area is 362 Å². The summed E-state index contributed by atoms with van der Waals surface area (Å²) in [5.41, 5.74) is -1.42. The number of benzene rings is 2. The van der Waals surface area contributed by atoms with Gasteiger partial charge in [-0.2, -0.15) is 0 Å². The van der Waals surface area contributed by atoms with Crippen molar-refractivity contribution in [2.75, 3.05) is 59.0 Å². The van der Waals surface area contributed by atoms with Crippen LogP contribution in [-0.2, 0) is 45.2 Å². The maximum absolute atomic E-state index is 14.6. The number of rotatable bonds is 7. The number of esters is 3. The zero-order valence-corrected chi connectivity index (χ0v) is 37.0. The number of alkyl halides is 1. The molecule has 9 rings (SSSR count). The second kappa shape index (κ2) is 14.3. The normalized spacial score (nSPS) is 37.7. The Balaban J connectivity index is 1.35. The average Bonchev–Trinajstić information content (AvgIpc) is 3.86. The lowest BCUT2D eigenvalue weighted by Crippen LogP contribution is -2.85. The molecule has 1 amide bonds. The van der Waals surface area contributed by atoms with Gasteiger partial charge in [-0.15, -0.1) is 0 Å². The van der Waals surface area contributed by atoms with Crippen LogP contribution in [0.3, 0.4) is 0 Å². The van der Waals surface area contributed by atoms with Crippen molar-refractivity contribution in [3.63, 3.8) is 0 Å². The molecule has 1 unspecified atom stereocenters. The van der Waals surface area contributed by atoms with Crippen LogP contribution in [0.25, 0.3) is 10.9 Å². The van der Waals surface area contributed by atoms with Crippen molar-refractivity contribution in [3.05, 3.63) is 70.9 Å². The third kappa shape index (κ3) is 5.18. The minimum absolute atomic E-state index is 0.306. The van der Waals surface area contributed by atoms with Gasteiger partial charge in [0.1, 0.15) is 15.3 Å². The number of fused-ring (bicyclic) bond motifs is 6. The highest BCUT2D eigenvalue weighted by molar-refractivity contribution is 14.1. The molecule has 15 heteroatoms. The van der Waals surface area contributed by atoms with Crippen molar-refractivity contribution in [1.82, 2.24) is 14.8 Å². The van der Waals surface area contributed by atoms with Crippen LogP contribution in [0.4, 0.5) is 5.69 Å². The van der Waals surface area contributed by atoms with Crippen LogP contribution in [0.15, 0.2) is 48.6 Å². The molecule has 2 aromatic carbocycles. The molecule has 6 heterocycles. The summed E-state index contributed by atoms with van der Waals surface area (Å²) in [6.07, 6.45) is 4.95. The van der Waals surface area contributed by atoms with Crippen LogP contribution in [0.2, 0.25) is 0 Å². The van der Waals surface area contributed by atoms with E-state index < -0.39 is 67.5 Å². The van der Waals surface area contributed by atoms with E-state index in [1.807, 2.05) is 49.4 Å². The second-order valence-electron chi connectivity index (χ2n) is 17.8. The lowest BCUT2D eigenvalue weighted by Gasteiger charge is -2.68. The molecule has 3 N–H and O–H groups in total. The van der Waals surface area contributed by atoms with Crippen LogP contribution in [0, 0.1) is 11.3 Å². The molecule has 320 valence electrons. The van der Waals surface area contributed by atoms with Crippen molar-refractivity contribution >= 4 is 63.5 Å². The Morgan fingerprint density at radius 1 is 1.07 bits per heavy atom. The van der Waals surface area contributed by atoms with Crippen LogP contribution < -0.4 is 9.64 Å². The number of carbonyl (C=O) groups excluding carboxylic acids is 4. The number of amides is 1. The van der Waals surface area contributed by atoms with Crippen molar-refractivity contribution < 1.29 is 48.3 Å². The first-order valence-electron chi connectivity index (χ1n) is 20.8. The van der Waals surface area contributed by atoms with Gasteiger partial charge in [0.05, 0.1) is 33.1 Å². The van der Waals surface area contributed by atoms with Gasteiger partial charge in [0.15, 0.2) is 6.10 Å². The Bertz CT molecular complexity index is 2330. The summed E-state index contributed by atoms with van der Waals surface area (Å²) in [7, 11) is 4.08. The first-order chi connectivity index (χ1) is 28.6. The summed E-state index contributed by atoms with van der Waals surface area (Å²) in [6, 6.07) is 10.6. The summed E-state index contributed by atoms with van der Waals surface area (Å²) in [6.45, 7) is 8.10. The Morgan fingerprint density at radius 3 is 2.52 bits per heavy atom. The lowest BCUT2D eigenvalue weighted by atomic mass is 9.41. The molecule has 2 bridgehead atoms. The van der Waals surface area contributed by atoms with Crippen LogP contribution in [0.5, 0.6) is 5.75 Å². The van der Waals surface area contributed by atoms with E-state index in [-0.39, 0.29) is 5.92 Å². The third-order valence-corrected chi connectivity index (χ3v) is 16.4. The molecule has 3 fully saturated rings. The number of methoxy groups -OCH3 is 3. The topological polar surface area (TPSA) is 171 Å². The number of aliphatic hydroxyl groups is 2. The van der Waals surface area contributed by atoms with Gasteiger partial charge in [-0.05, 0) is 78.3 Å². The lowest BCUT2D eigenvalue weighted by molar-refractivity contribution is -0.244. The highest BCUT2D eigenvalue weighted by Crippen LogP contribution is 2.73. The number of aromatic amines is 1. The molecule has 6 aliphatic rings. The fourth-order valence-electron chi connectivity index (χ4n) is 13.5. The molecule has 2 saturated heterocycles. The predicted octanol–water partition coefficient (Wildman–Crippen LogP) is 4.08. The zero-order chi connectivity index (χ0) is 42.7. The van der Waals surface area contributed by atoms with Gasteiger partial charge in [0.2, 0.25) is 12.0 Å². The molecule has 1 aromatic heterocycles. The van der Waals surface area contributed by atoms with Crippen molar-refractivity contribution in [3.8, 4) is 5.75 Å². The minimum atomic E-state index is -2.55. The number of H-pyrrole nitrogens is 1. The van der Waals surface area contributed by atoms with Gasteiger partial charge in [0.25, 0.3) is 0 Å². The number of para-hydroxylation sites is 1. The van der Waals surface area contributed by atoms with E-state index in [0.717, 1.165) is 22.2 Å². The predicted molar refractivity (Wildman–Crippen MR) is 229 cm³/mol. The summed E-state index contributed by atoms with van der Waals surface area (Å²) >= 11 is 2.12. The van der Waals surface area contributed by atoms with Crippen LogP contribution >= 0.6 is 22.6 Å². The fourth-order valence-corrected chi connectivity index (χ4v) is 14.6. The molecule has 0 radical (unpaired) electrons. The van der Waals surface area contributed by atoms with Gasteiger partial charge >= 0.3 is 17.9 Å². The van der Waals surface area contributed by atoms with E-state index in [2.05, 4.69) is 50.4 Å². The van der Waals surface area contributed by atoms with Crippen LogP contribution in [-0.4, -0.2) is 130 Å². The first kappa shape index (κ1) is 41.3. The standard InChI is InChI=1S/C45H53IN4O10/c1-7-42-16-10-18-49-20-17-44(41(42,49)3)30-14-13-29(36(57-4)35(30)50(24-51)38(44)45(56,40(54)59-6)39(42)60-25(2)52)32-26-21-43(46,55)23-48(22-26)19-15-28-27-11-8-9-12-31(27)47-34(28)33(32)37(53)58-5/h8-14,16,24,26,32-33,38-39,47,55-56H,7,15,17-23H2,1-6H3/t26-,32-,33-,38-,39-,41+,42+,43+,44+,45+/m1/s1. The summed E-state index contributed by atoms with van der Waals surface area (Å²) in [5.74, 6) is -3.72. The Morgan fingerprint density at radius 2 is 1.83 bits per heavy atom. The first-order valence-corrected chi connectivity index (χ1v) is 21.9. The summed E-state index contributed by atoms with van der Waals surface area (Å²) in [5, 5.41) is 26.3. The number of piperidine rings is 1. The van der Waals surface area contributed by atoms with Gasteiger partial charge in [-0.1, -0.05) is 49.4 Å². The highest BCUT2D eigenvalue weighted by atomic mass is 127. The molecule has 11 atom stereocenters. The number of hydrogen-bond acceptors (Lipinski definition) is 12. The van der Waals surface area contributed by atoms with Gasteiger partial charge < -0.3 is 39.0 Å². The van der Waals surface area contributed by atoms with E-state index in [9.17, 15) is 29.4 Å². The largest absolute Gasteiger partial charge is 0.494 e. The molecule has 1 saturated carbocycles. The van der Waals surface area contributed by atoms with Gasteiger partial charge in [-0.25, -0.2) is 4.79 Å². The quantitative estimate of drug-likeness (QED) is 0.0777. The maximum Gasteiger partial charge on any atom is 0.344 e. The molecule has 60 heavy (non-hydrogen) atoms. The highest BCUT2D eigenvalue weighted by Gasteiger charge is 2.85. The molecule has 1 spiro atoms. The summed E-state index contributed by atoms with van der Waals surface area (Å²) in [4.78, 5) is 65.8. The van der Waals surface area contributed by atoms with E-state index in [1.54, 1.807) is 0 Å². The smallest absolute Gasteiger partial charge is 0.344 e. The Kier molecular flexibility index (Phi) is 9.82. The number of anilines is 1. The zero-order valence-electron chi connectivity index (χ0n) is 34.8. The molecular formula is C45H53IN4O10.